The van der Waals surface area contributed by atoms with E-state index in [-0.39, 0.29) is 18.2 Å². The summed E-state index contributed by atoms with van der Waals surface area (Å²) in [7, 11) is 0. The van der Waals surface area contributed by atoms with Gasteiger partial charge in [-0.05, 0) is 30.5 Å². The molecular formula is C16H19F3N2O2. The number of benzene rings is 1. The van der Waals surface area contributed by atoms with Crippen LogP contribution >= 0.6 is 0 Å². The molecule has 0 saturated heterocycles. The number of rotatable bonds is 5. The highest BCUT2D eigenvalue weighted by atomic mass is 19.4. The monoisotopic (exact) mass is 328 g/mol. The normalized spacial score (nSPS) is 15.4. The molecule has 23 heavy (non-hydrogen) atoms. The van der Waals surface area contributed by atoms with E-state index in [0.717, 1.165) is 25.7 Å². The highest BCUT2D eigenvalue weighted by Gasteiger charge is 2.27. The fraction of sp³-hybridized carbons (Fsp3) is 0.500. The van der Waals surface area contributed by atoms with Crippen LogP contribution in [0.25, 0.3) is 0 Å². The van der Waals surface area contributed by atoms with E-state index in [1.165, 1.54) is 0 Å². The van der Waals surface area contributed by atoms with Gasteiger partial charge in [-0.15, -0.1) is 0 Å². The Balaban J connectivity index is 1.82. The van der Waals surface area contributed by atoms with E-state index >= 15 is 0 Å². The first-order valence-electron chi connectivity index (χ1n) is 7.57. The standard InChI is InChI=1S/C16H19F3N2O2/c17-16(18,19)10-20-14(22)9-11-5-7-13(8-6-11)21-15(23)12-3-1-2-4-12/h5-8,12H,1-4,9-10H2,(H,20,22)(H,21,23). The van der Waals surface area contributed by atoms with Crippen molar-refractivity contribution in [2.45, 2.75) is 38.3 Å². The van der Waals surface area contributed by atoms with E-state index in [4.69, 9.17) is 0 Å². The fourth-order valence-corrected chi connectivity index (χ4v) is 2.58. The van der Waals surface area contributed by atoms with Crippen LogP contribution in [-0.4, -0.2) is 24.5 Å². The third-order valence-electron chi connectivity index (χ3n) is 3.80. The number of alkyl halides is 3. The Bertz CT molecular complexity index is 549. The van der Waals surface area contributed by atoms with Gasteiger partial charge in [-0.1, -0.05) is 25.0 Å². The van der Waals surface area contributed by atoms with E-state index in [1.54, 1.807) is 24.3 Å². The van der Waals surface area contributed by atoms with E-state index in [0.29, 0.717) is 11.3 Å². The molecule has 0 heterocycles. The highest BCUT2D eigenvalue weighted by Crippen LogP contribution is 2.26. The van der Waals surface area contributed by atoms with E-state index in [2.05, 4.69) is 5.32 Å². The van der Waals surface area contributed by atoms with Gasteiger partial charge in [0, 0.05) is 11.6 Å². The number of nitrogens with one attached hydrogen (secondary N) is 2. The Kier molecular flexibility index (Phi) is 5.63. The molecule has 0 aliphatic heterocycles. The summed E-state index contributed by atoms with van der Waals surface area (Å²) in [5, 5.41) is 4.64. The van der Waals surface area contributed by atoms with Crippen LogP contribution in [0, 0.1) is 5.92 Å². The van der Waals surface area contributed by atoms with Gasteiger partial charge in [0.15, 0.2) is 0 Å². The van der Waals surface area contributed by atoms with Crippen LogP contribution in [0.1, 0.15) is 31.2 Å². The molecule has 1 aromatic rings. The van der Waals surface area contributed by atoms with Gasteiger partial charge in [0.2, 0.25) is 11.8 Å². The molecule has 7 heteroatoms. The third-order valence-corrected chi connectivity index (χ3v) is 3.80. The number of amides is 2. The molecule has 2 rings (SSSR count). The van der Waals surface area contributed by atoms with Crippen LogP contribution in [0.4, 0.5) is 18.9 Å². The minimum absolute atomic E-state index is 0.00169. The molecule has 1 aliphatic rings. The van der Waals surface area contributed by atoms with Gasteiger partial charge in [0.25, 0.3) is 0 Å². The van der Waals surface area contributed by atoms with E-state index < -0.39 is 18.6 Å². The van der Waals surface area contributed by atoms with Crippen molar-refractivity contribution < 1.29 is 22.8 Å². The maximum atomic E-state index is 12.0. The zero-order valence-corrected chi connectivity index (χ0v) is 12.6. The van der Waals surface area contributed by atoms with Crippen molar-refractivity contribution in [3.05, 3.63) is 29.8 Å². The number of carbonyl (C=O) groups is 2. The van der Waals surface area contributed by atoms with Gasteiger partial charge in [-0.2, -0.15) is 13.2 Å². The second kappa shape index (κ2) is 7.48. The van der Waals surface area contributed by atoms with Gasteiger partial charge in [0.05, 0.1) is 6.42 Å². The lowest BCUT2D eigenvalue weighted by Crippen LogP contribution is -2.34. The predicted octanol–water partition coefficient (Wildman–Crippen LogP) is 3.04. The summed E-state index contributed by atoms with van der Waals surface area (Å²) in [5.74, 6) is -0.633. The summed E-state index contributed by atoms with van der Waals surface area (Å²) in [6.45, 7) is -1.33. The Morgan fingerprint density at radius 1 is 1.09 bits per heavy atom. The first-order valence-corrected chi connectivity index (χ1v) is 7.57. The Labute approximate surface area is 132 Å². The van der Waals surface area contributed by atoms with Gasteiger partial charge in [-0.25, -0.2) is 0 Å². The smallest absolute Gasteiger partial charge is 0.347 e. The second-order valence-corrected chi connectivity index (χ2v) is 5.74. The molecule has 126 valence electrons. The second-order valence-electron chi connectivity index (χ2n) is 5.74. The maximum absolute atomic E-state index is 12.0. The molecule has 0 radical (unpaired) electrons. The van der Waals surface area contributed by atoms with Crippen LogP contribution in [0.5, 0.6) is 0 Å². The van der Waals surface area contributed by atoms with Crippen molar-refractivity contribution >= 4 is 17.5 Å². The van der Waals surface area contributed by atoms with Gasteiger partial charge >= 0.3 is 6.18 Å². The highest BCUT2D eigenvalue weighted by molar-refractivity contribution is 5.92. The average molecular weight is 328 g/mol. The van der Waals surface area contributed by atoms with Gasteiger partial charge in [-0.3, -0.25) is 9.59 Å². The largest absolute Gasteiger partial charge is 0.405 e. The molecule has 0 aromatic heterocycles. The van der Waals surface area contributed by atoms with Crippen molar-refractivity contribution in [2.75, 3.05) is 11.9 Å². The lowest BCUT2D eigenvalue weighted by Gasteiger charge is -2.11. The van der Waals surface area contributed by atoms with Gasteiger partial charge in [0.1, 0.15) is 6.54 Å². The molecule has 2 N–H and O–H groups in total. The van der Waals surface area contributed by atoms with Crippen molar-refractivity contribution in [2.24, 2.45) is 5.92 Å². The lowest BCUT2D eigenvalue weighted by molar-refractivity contribution is -0.138. The first kappa shape index (κ1) is 17.3. The fourth-order valence-electron chi connectivity index (χ4n) is 2.58. The number of hydrogen-bond donors (Lipinski definition) is 2. The molecule has 1 aliphatic carbocycles. The van der Waals surface area contributed by atoms with E-state index in [9.17, 15) is 22.8 Å². The topological polar surface area (TPSA) is 58.2 Å². The van der Waals surface area contributed by atoms with Crippen molar-refractivity contribution in [1.29, 1.82) is 0 Å². The van der Waals surface area contributed by atoms with Crippen molar-refractivity contribution in [3.63, 3.8) is 0 Å². The minimum Gasteiger partial charge on any atom is -0.347 e. The average Bonchev–Trinajstić information content (AvgIpc) is 3.01. The lowest BCUT2D eigenvalue weighted by atomic mass is 10.1. The van der Waals surface area contributed by atoms with Crippen molar-refractivity contribution in [3.8, 4) is 0 Å². The number of hydrogen-bond acceptors (Lipinski definition) is 2. The Morgan fingerprint density at radius 3 is 2.26 bits per heavy atom. The summed E-state index contributed by atoms with van der Waals surface area (Å²) in [4.78, 5) is 23.4. The first-order chi connectivity index (χ1) is 10.8. The zero-order chi connectivity index (χ0) is 16.9. The van der Waals surface area contributed by atoms with Gasteiger partial charge < -0.3 is 10.6 Å². The van der Waals surface area contributed by atoms with Crippen LogP contribution in [0.3, 0.4) is 0 Å². The maximum Gasteiger partial charge on any atom is 0.405 e. The molecule has 0 unspecified atom stereocenters. The Hall–Kier alpha value is -2.05. The van der Waals surface area contributed by atoms with E-state index in [1.807, 2.05) is 5.32 Å². The Morgan fingerprint density at radius 2 is 1.70 bits per heavy atom. The number of halogens is 3. The molecule has 2 amide bonds. The predicted molar refractivity (Wildman–Crippen MR) is 79.8 cm³/mol. The molecule has 1 aromatic carbocycles. The molecule has 1 fully saturated rings. The summed E-state index contributed by atoms with van der Waals surface area (Å²) < 4.78 is 36.0. The summed E-state index contributed by atoms with van der Waals surface area (Å²) >= 11 is 0. The zero-order valence-electron chi connectivity index (χ0n) is 12.6. The third kappa shape index (κ3) is 5.92. The SMILES string of the molecule is O=C(Cc1ccc(NC(=O)C2CCCC2)cc1)NCC(F)(F)F. The molecule has 0 spiro atoms. The molecule has 0 atom stereocenters. The number of anilines is 1. The summed E-state index contributed by atoms with van der Waals surface area (Å²) in [5.41, 5.74) is 1.21. The molecule has 4 nitrogen and oxygen atoms in total. The van der Waals surface area contributed by atoms with Crippen molar-refractivity contribution in [1.82, 2.24) is 5.32 Å². The molecule has 1 saturated carbocycles. The van der Waals surface area contributed by atoms with Crippen LogP contribution in [0.2, 0.25) is 0 Å². The summed E-state index contributed by atoms with van der Waals surface area (Å²) in [6, 6.07) is 6.55. The molecular weight excluding hydrogens is 309 g/mol. The number of carbonyl (C=O) groups excluding carboxylic acids is 2. The van der Waals surface area contributed by atoms with Crippen LogP contribution in [-0.2, 0) is 16.0 Å². The minimum atomic E-state index is -4.41. The molecule has 0 bridgehead atoms. The summed E-state index contributed by atoms with van der Waals surface area (Å²) in [6.07, 6.45) is -0.586. The van der Waals surface area contributed by atoms with Crippen LogP contribution < -0.4 is 10.6 Å². The quantitative estimate of drug-likeness (QED) is 0.873. The van der Waals surface area contributed by atoms with Crippen LogP contribution in [0.15, 0.2) is 24.3 Å².